The molecule has 0 bridgehead atoms. The number of alkyl halides is 5. The molecule has 5 aliphatic rings. The van der Waals surface area contributed by atoms with Gasteiger partial charge in [0.15, 0.2) is 5.79 Å². The number of aryl methyl sites for hydroxylation is 1. The molecule has 1 saturated heterocycles. The SMILES string of the molecule is CCCc1cccc([C@H]2CC3(C)C(CCC3(O)C(F)(F)C(F)(F)F)C3CCC4(O)CC5(CCC4=C32)OCC(C)(C)CO5)c1. The van der Waals surface area contributed by atoms with Crippen molar-refractivity contribution in [2.24, 2.45) is 22.7 Å². The Kier molecular flexibility index (Phi) is 7.29. The second kappa shape index (κ2) is 9.97. The van der Waals surface area contributed by atoms with E-state index in [4.69, 9.17) is 9.47 Å². The number of aliphatic hydroxyl groups is 2. The third-order valence-corrected chi connectivity index (χ3v) is 11.8. The van der Waals surface area contributed by atoms with Gasteiger partial charge >= 0.3 is 12.1 Å². The van der Waals surface area contributed by atoms with E-state index in [0.717, 1.165) is 35.1 Å². The van der Waals surface area contributed by atoms with Gasteiger partial charge in [0.25, 0.3) is 0 Å². The zero-order chi connectivity index (χ0) is 31.3. The largest absolute Gasteiger partial charge is 0.456 e. The van der Waals surface area contributed by atoms with Gasteiger partial charge in [0.2, 0.25) is 0 Å². The summed E-state index contributed by atoms with van der Waals surface area (Å²) < 4.78 is 84.7. The molecule has 1 aromatic carbocycles. The Bertz CT molecular complexity index is 1280. The Hall–Kier alpha value is -1.55. The molecular weight excluding hydrogens is 567 g/mol. The predicted octanol–water partition coefficient (Wildman–Crippen LogP) is 7.86. The Morgan fingerprint density at radius 2 is 1.65 bits per heavy atom. The maximum Gasteiger partial charge on any atom is 0.456 e. The van der Waals surface area contributed by atoms with Gasteiger partial charge in [-0.05, 0) is 73.5 Å². The topological polar surface area (TPSA) is 58.9 Å². The van der Waals surface area contributed by atoms with Crippen molar-refractivity contribution < 1.29 is 41.6 Å². The van der Waals surface area contributed by atoms with E-state index in [1.165, 1.54) is 6.92 Å². The van der Waals surface area contributed by atoms with Gasteiger partial charge in [-0.1, -0.05) is 64.0 Å². The standard InChI is InChI=1S/C34H45F5O4/c1-5-7-21-8-6-9-22(16-21)24-17-29(4)25(12-15-32(29,41)33(35,36)34(37,38)39)23-10-13-30(40)18-31(14-11-26(30)27(23)24)42-19-28(2,3)20-43-31/h6,8-9,16,23-25,40-41H,5,7,10-15,17-20H2,1-4H3/t23?,24-,25?,29?,30?,32?/m1/s1. The van der Waals surface area contributed by atoms with Crippen molar-refractivity contribution in [2.75, 3.05) is 13.2 Å². The summed E-state index contributed by atoms with van der Waals surface area (Å²) in [6, 6.07) is 7.86. The number of benzene rings is 1. The van der Waals surface area contributed by atoms with Gasteiger partial charge in [0.1, 0.15) is 5.60 Å². The molecule has 1 aromatic rings. The van der Waals surface area contributed by atoms with Crippen LogP contribution in [0.25, 0.3) is 0 Å². The van der Waals surface area contributed by atoms with Crippen LogP contribution in [0.1, 0.15) is 103 Å². The van der Waals surface area contributed by atoms with E-state index in [2.05, 4.69) is 20.8 Å². The molecule has 6 rings (SSSR count). The number of allylic oxidation sites excluding steroid dienone is 1. The zero-order valence-electron chi connectivity index (χ0n) is 25.6. The minimum absolute atomic E-state index is 0.0485. The average molecular weight is 613 g/mol. The molecule has 3 saturated carbocycles. The van der Waals surface area contributed by atoms with E-state index in [9.17, 15) is 23.4 Å². The lowest BCUT2D eigenvalue weighted by Gasteiger charge is -2.59. The van der Waals surface area contributed by atoms with Crippen molar-refractivity contribution in [1.29, 1.82) is 0 Å². The molecule has 240 valence electrons. The Morgan fingerprint density at radius 3 is 2.30 bits per heavy atom. The van der Waals surface area contributed by atoms with Crippen LogP contribution in [0.3, 0.4) is 0 Å². The molecule has 9 heteroatoms. The van der Waals surface area contributed by atoms with E-state index in [1.807, 2.05) is 24.3 Å². The fourth-order valence-corrected chi connectivity index (χ4v) is 9.56. The van der Waals surface area contributed by atoms with Crippen LogP contribution in [0.5, 0.6) is 0 Å². The van der Waals surface area contributed by atoms with Crippen LogP contribution in [0, 0.1) is 22.7 Å². The van der Waals surface area contributed by atoms with Crippen LogP contribution in [-0.2, 0) is 15.9 Å². The minimum atomic E-state index is -5.87. The molecule has 0 aromatic heterocycles. The smallest absolute Gasteiger partial charge is 0.385 e. The summed E-state index contributed by atoms with van der Waals surface area (Å²) in [5.74, 6) is -7.53. The Morgan fingerprint density at radius 1 is 0.953 bits per heavy atom. The van der Waals surface area contributed by atoms with E-state index in [-0.39, 0.29) is 30.6 Å². The number of halogens is 5. The molecule has 5 unspecified atom stereocenters. The van der Waals surface area contributed by atoms with Crippen LogP contribution in [0.15, 0.2) is 35.4 Å². The molecule has 1 aliphatic heterocycles. The average Bonchev–Trinajstić information content (AvgIpc) is 3.21. The number of rotatable bonds is 4. The Labute approximate surface area is 251 Å². The third-order valence-electron chi connectivity index (χ3n) is 11.8. The van der Waals surface area contributed by atoms with Crippen LogP contribution < -0.4 is 0 Å². The molecular formula is C34H45F5O4. The lowest BCUT2D eigenvalue weighted by atomic mass is 9.49. The fraction of sp³-hybridized carbons (Fsp3) is 0.765. The number of ether oxygens (including phenoxy) is 2. The first kappa shape index (κ1) is 31.4. The van der Waals surface area contributed by atoms with Gasteiger partial charge in [0.05, 0.1) is 18.8 Å². The first-order valence-electron chi connectivity index (χ1n) is 15.9. The number of hydrogen-bond acceptors (Lipinski definition) is 4. The van der Waals surface area contributed by atoms with Crippen molar-refractivity contribution in [3.63, 3.8) is 0 Å². The van der Waals surface area contributed by atoms with Crippen LogP contribution in [-0.4, -0.2) is 52.5 Å². The van der Waals surface area contributed by atoms with Crippen molar-refractivity contribution in [2.45, 2.75) is 127 Å². The van der Waals surface area contributed by atoms with Crippen LogP contribution in [0.2, 0.25) is 0 Å². The lowest BCUT2D eigenvalue weighted by Crippen LogP contribution is -2.65. The van der Waals surface area contributed by atoms with Gasteiger partial charge in [-0.15, -0.1) is 0 Å². The summed E-state index contributed by atoms with van der Waals surface area (Å²) in [5.41, 5.74) is -2.49. The van der Waals surface area contributed by atoms with Crippen LogP contribution >= 0.6 is 0 Å². The number of hydrogen-bond donors (Lipinski definition) is 2. The van der Waals surface area contributed by atoms with Crippen molar-refractivity contribution >= 4 is 0 Å². The minimum Gasteiger partial charge on any atom is -0.385 e. The quantitative estimate of drug-likeness (QED) is 0.269. The second-order valence-corrected chi connectivity index (χ2v) is 15.2. The molecule has 4 fully saturated rings. The summed E-state index contributed by atoms with van der Waals surface area (Å²) >= 11 is 0. The highest BCUT2D eigenvalue weighted by atomic mass is 19.4. The highest BCUT2D eigenvalue weighted by Gasteiger charge is 2.79. The summed E-state index contributed by atoms with van der Waals surface area (Å²) in [5, 5.41) is 23.8. The van der Waals surface area contributed by atoms with E-state index in [0.29, 0.717) is 38.9 Å². The monoisotopic (exact) mass is 612 g/mol. The lowest BCUT2D eigenvalue weighted by molar-refractivity contribution is -0.362. The molecule has 0 radical (unpaired) electrons. The highest BCUT2D eigenvalue weighted by molar-refractivity contribution is 5.45. The van der Waals surface area contributed by atoms with Gasteiger partial charge in [-0.25, -0.2) is 0 Å². The first-order chi connectivity index (χ1) is 19.9. The van der Waals surface area contributed by atoms with Crippen LogP contribution in [0.4, 0.5) is 22.0 Å². The molecule has 0 amide bonds. The third kappa shape index (κ3) is 4.65. The maximum absolute atomic E-state index is 15.3. The Balaban J connectivity index is 1.46. The second-order valence-electron chi connectivity index (χ2n) is 15.2. The number of fused-ring (bicyclic) bond motifs is 4. The molecule has 4 aliphatic carbocycles. The predicted molar refractivity (Wildman–Crippen MR) is 152 cm³/mol. The summed E-state index contributed by atoms with van der Waals surface area (Å²) in [6.07, 6.45) is -2.65. The fourth-order valence-electron chi connectivity index (χ4n) is 9.56. The molecule has 2 N–H and O–H groups in total. The zero-order valence-corrected chi connectivity index (χ0v) is 25.6. The van der Waals surface area contributed by atoms with Crippen molar-refractivity contribution in [3.05, 3.63) is 46.5 Å². The summed E-state index contributed by atoms with van der Waals surface area (Å²) in [4.78, 5) is 0. The molecule has 4 nitrogen and oxygen atoms in total. The first-order valence-corrected chi connectivity index (χ1v) is 15.9. The molecule has 6 atom stereocenters. The highest BCUT2D eigenvalue weighted by Crippen LogP contribution is 2.71. The summed E-state index contributed by atoms with van der Waals surface area (Å²) in [7, 11) is 0. The van der Waals surface area contributed by atoms with Crippen molar-refractivity contribution in [1.82, 2.24) is 0 Å². The molecule has 43 heavy (non-hydrogen) atoms. The normalized spacial score (nSPS) is 38.9. The van der Waals surface area contributed by atoms with Gasteiger partial charge in [0, 0.05) is 29.6 Å². The van der Waals surface area contributed by atoms with E-state index < -0.39 is 52.8 Å². The van der Waals surface area contributed by atoms with E-state index in [1.54, 1.807) is 0 Å². The molecule has 1 heterocycles. The van der Waals surface area contributed by atoms with E-state index >= 15 is 8.78 Å². The molecule has 1 spiro atoms. The van der Waals surface area contributed by atoms with Gasteiger partial charge in [-0.3, -0.25) is 0 Å². The maximum atomic E-state index is 15.3. The van der Waals surface area contributed by atoms with Gasteiger partial charge in [-0.2, -0.15) is 22.0 Å². The van der Waals surface area contributed by atoms with Gasteiger partial charge < -0.3 is 19.7 Å². The summed E-state index contributed by atoms with van der Waals surface area (Å²) in [6.45, 7) is 8.67. The van der Waals surface area contributed by atoms with Crippen molar-refractivity contribution in [3.8, 4) is 0 Å².